The molecule has 2 rings (SSSR count). The quantitative estimate of drug-likeness (QED) is 0.838. The van der Waals surface area contributed by atoms with E-state index in [0.717, 1.165) is 31.7 Å². The zero-order valence-corrected chi connectivity index (χ0v) is 11.9. The molecule has 0 bridgehead atoms. The van der Waals surface area contributed by atoms with E-state index in [4.69, 9.17) is 11.6 Å². The Morgan fingerprint density at radius 3 is 2.63 bits per heavy atom. The number of nitrogens with zero attached hydrogens (tertiary/aromatic N) is 1. The summed E-state index contributed by atoms with van der Waals surface area (Å²) in [6.45, 7) is 5.50. The van der Waals surface area contributed by atoms with E-state index in [-0.39, 0.29) is 5.91 Å². The van der Waals surface area contributed by atoms with Crippen LogP contribution in [0.2, 0.25) is 5.02 Å². The van der Waals surface area contributed by atoms with Gasteiger partial charge in [0.15, 0.2) is 0 Å². The van der Waals surface area contributed by atoms with Gasteiger partial charge in [0, 0.05) is 29.8 Å². The van der Waals surface area contributed by atoms with Gasteiger partial charge in [0.05, 0.1) is 6.54 Å². The van der Waals surface area contributed by atoms with E-state index in [0.29, 0.717) is 17.6 Å². The van der Waals surface area contributed by atoms with Crippen LogP contribution < -0.4 is 10.6 Å². The number of carbonyl (C=O) groups excluding carboxylic acids is 1. The molecule has 0 radical (unpaired) electrons. The second-order valence-corrected chi connectivity index (χ2v) is 5.27. The molecule has 0 aliphatic carbocycles. The molecule has 1 fully saturated rings. The van der Waals surface area contributed by atoms with Crippen LogP contribution in [-0.2, 0) is 4.79 Å². The van der Waals surface area contributed by atoms with E-state index in [1.54, 1.807) is 12.1 Å². The second kappa shape index (κ2) is 6.89. The van der Waals surface area contributed by atoms with Gasteiger partial charge in [-0.15, -0.1) is 0 Å². The van der Waals surface area contributed by atoms with Crippen molar-refractivity contribution in [3.8, 4) is 0 Å². The van der Waals surface area contributed by atoms with E-state index in [1.165, 1.54) is 0 Å². The molecule has 5 heteroatoms. The fraction of sp³-hybridized carbons (Fsp3) is 0.500. The minimum Gasteiger partial charge on any atom is -0.325 e. The molecule has 0 spiro atoms. The highest BCUT2D eigenvalue weighted by atomic mass is 35.5. The van der Waals surface area contributed by atoms with Crippen LogP contribution in [0.5, 0.6) is 0 Å². The molecule has 1 saturated heterocycles. The molecule has 1 aliphatic rings. The van der Waals surface area contributed by atoms with Gasteiger partial charge in [0.2, 0.25) is 5.91 Å². The molecule has 1 aliphatic heterocycles. The van der Waals surface area contributed by atoms with Gasteiger partial charge in [-0.05, 0) is 37.2 Å². The first-order valence-corrected chi connectivity index (χ1v) is 7.07. The van der Waals surface area contributed by atoms with Crippen LogP contribution in [-0.4, -0.2) is 43.0 Å². The Morgan fingerprint density at radius 2 is 2.11 bits per heavy atom. The summed E-state index contributed by atoms with van der Waals surface area (Å²) >= 11 is 5.81. The summed E-state index contributed by atoms with van der Waals surface area (Å²) in [5, 5.41) is 6.82. The van der Waals surface area contributed by atoms with Crippen LogP contribution in [0.4, 0.5) is 5.69 Å². The van der Waals surface area contributed by atoms with Gasteiger partial charge in [-0.1, -0.05) is 18.5 Å². The summed E-state index contributed by atoms with van der Waals surface area (Å²) in [6.07, 6.45) is 1.06. The van der Waals surface area contributed by atoms with Gasteiger partial charge in [-0.2, -0.15) is 0 Å². The predicted molar refractivity (Wildman–Crippen MR) is 78.6 cm³/mol. The third-order valence-electron chi connectivity index (χ3n) is 3.26. The summed E-state index contributed by atoms with van der Waals surface area (Å²) in [5.41, 5.74) is 0.789. The van der Waals surface area contributed by atoms with Crippen molar-refractivity contribution < 1.29 is 4.79 Å². The third-order valence-corrected chi connectivity index (χ3v) is 3.51. The van der Waals surface area contributed by atoms with Gasteiger partial charge < -0.3 is 10.6 Å². The van der Waals surface area contributed by atoms with Crippen molar-refractivity contribution in [2.45, 2.75) is 19.4 Å². The van der Waals surface area contributed by atoms with E-state index in [9.17, 15) is 4.79 Å². The van der Waals surface area contributed by atoms with Gasteiger partial charge in [0.25, 0.3) is 0 Å². The number of anilines is 1. The molecule has 4 nitrogen and oxygen atoms in total. The lowest BCUT2D eigenvalue weighted by Crippen LogP contribution is -2.58. The van der Waals surface area contributed by atoms with Crippen LogP contribution in [0.15, 0.2) is 24.3 Å². The van der Waals surface area contributed by atoms with Crippen molar-refractivity contribution in [1.29, 1.82) is 0 Å². The zero-order chi connectivity index (χ0) is 13.7. The molecule has 0 saturated carbocycles. The average molecular weight is 282 g/mol. The minimum atomic E-state index is 0.0303. The largest absolute Gasteiger partial charge is 0.325 e. The van der Waals surface area contributed by atoms with Crippen molar-refractivity contribution in [2.75, 3.05) is 31.5 Å². The number of rotatable bonds is 6. The van der Waals surface area contributed by atoms with Crippen molar-refractivity contribution in [3.63, 3.8) is 0 Å². The van der Waals surface area contributed by atoms with Crippen LogP contribution in [0, 0.1) is 0 Å². The lowest BCUT2D eigenvalue weighted by atomic mass is 10.1. The lowest BCUT2D eigenvalue weighted by Gasteiger charge is -2.37. The second-order valence-electron chi connectivity index (χ2n) is 4.84. The fourth-order valence-corrected chi connectivity index (χ4v) is 2.25. The highest BCUT2D eigenvalue weighted by Gasteiger charge is 2.25. The maximum Gasteiger partial charge on any atom is 0.238 e. The van der Waals surface area contributed by atoms with Gasteiger partial charge in [0.1, 0.15) is 0 Å². The van der Waals surface area contributed by atoms with E-state index in [2.05, 4.69) is 22.5 Å². The van der Waals surface area contributed by atoms with Crippen LogP contribution in [0.3, 0.4) is 0 Å². The fourth-order valence-electron chi connectivity index (χ4n) is 2.13. The summed E-state index contributed by atoms with van der Waals surface area (Å²) < 4.78 is 0. The van der Waals surface area contributed by atoms with Gasteiger partial charge in [-0.3, -0.25) is 9.69 Å². The Labute approximate surface area is 119 Å². The number of carbonyl (C=O) groups is 1. The molecular formula is C14H20ClN3O. The summed E-state index contributed by atoms with van der Waals surface area (Å²) in [6, 6.07) is 7.68. The normalized spacial score (nSPS) is 15.3. The zero-order valence-electron chi connectivity index (χ0n) is 11.2. The first kappa shape index (κ1) is 14.3. The Kier molecular flexibility index (Phi) is 5.19. The minimum absolute atomic E-state index is 0.0303. The number of hydrogen-bond acceptors (Lipinski definition) is 3. The molecule has 104 valence electrons. The van der Waals surface area contributed by atoms with E-state index >= 15 is 0 Å². The van der Waals surface area contributed by atoms with Crippen LogP contribution in [0.25, 0.3) is 0 Å². The molecule has 0 aromatic heterocycles. The molecule has 0 unspecified atom stereocenters. The summed E-state index contributed by atoms with van der Waals surface area (Å²) in [7, 11) is 0. The standard InChI is InChI=1S/C14H20ClN3O/c1-2-7-18(13-8-16-9-13)10-14(19)17-12-5-3-11(15)4-6-12/h3-6,13,16H,2,7-10H2,1H3,(H,17,19). The molecule has 0 atom stereocenters. The van der Waals surface area contributed by atoms with Crippen molar-refractivity contribution in [3.05, 3.63) is 29.3 Å². The third kappa shape index (κ3) is 4.20. The number of hydrogen-bond donors (Lipinski definition) is 2. The monoisotopic (exact) mass is 281 g/mol. The number of halogens is 1. The maximum atomic E-state index is 12.0. The molecule has 1 aromatic rings. The average Bonchev–Trinajstić information content (AvgIpc) is 2.30. The number of benzene rings is 1. The Morgan fingerprint density at radius 1 is 1.42 bits per heavy atom. The first-order valence-electron chi connectivity index (χ1n) is 6.69. The van der Waals surface area contributed by atoms with E-state index < -0.39 is 0 Å². The first-order chi connectivity index (χ1) is 9.19. The molecule has 1 heterocycles. The predicted octanol–water partition coefficient (Wildman–Crippen LogP) is 1.96. The molecule has 2 N–H and O–H groups in total. The van der Waals surface area contributed by atoms with Crippen LogP contribution >= 0.6 is 11.6 Å². The summed E-state index contributed by atoms with van der Waals surface area (Å²) in [4.78, 5) is 14.3. The molecular weight excluding hydrogens is 262 g/mol. The summed E-state index contributed by atoms with van der Waals surface area (Å²) in [5.74, 6) is 0.0303. The highest BCUT2D eigenvalue weighted by Crippen LogP contribution is 2.13. The molecule has 1 amide bonds. The van der Waals surface area contributed by atoms with Crippen LogP contribution in [0.1, 0.15) is 13.3 Å². The van der Waals surface area contributed by atoms with E-state index in [1.807, 2.05) is 12.1 Å². The Balaban J connectivity index is 1.86. The SMILES string of the molecule is CCCN(CC(=O)Nc1ccc(Cl)cc1)C1CNC1. The lowest BCUT2D eigenvalue weighted by molar-refractivity contribution is -0.118. The number of nitrogens with one attached hydrogen (secondary N) is 2. The molecule has 1 aromatic carbocycles. The number of amides is 1. The molecule has 19 heavy (non-hydrogen) atoms. The van der Waals surface area contributed by atoms with Gasteiger partial charge >= 0.3 is 0 Å². The smallest absolute Gasteiger partial charge is 0.238 e. The van der Waals surface area contributed by atoms with Gasteiger partial charge in [-0.25, -0.2) is 0 Å². The van der Waals surface area contributed by atoms with Crippen molar-refractivity contribution in [1.82, 2.24) is 10.2 Å². The van der Waals surface area contributed by atoms with Crippen molar-refractivity contribution in [2.24, 2.45) is 0 Å². The Bertz CT molecular complexity index is 417. The maximum absolute atomic E-state index is 12.0. The van der Waals surface area contributed by atoms with Crippen molar-refractivity contribution >= 4 is 23.2 Å². The topological polar surface area (TPSA) is 44.4 Å². The highest BCUT2D eigenvalue weighted by molar-refractivity contribution is 6.30. The Hall–Kier alpha value is -1.10.